The quantitative estimate of drug-likeness (QED) is 0.851. The second kappa shape index (κ2) is 5.69. The van der Waals surface area contributed by atoms with Crippen molar-refractivity contribution < 1.29 is 9.53 Å². The average molecular weight is 270 g/mol. The number of hydrogen-bond donors (Lipinski definition) is 1. The Labute approximate surface area is 113 Å². The molecule has 0 aliphatic carbocycles. The molecule has 4 nitrogen and oxygen atoms in total. The molecule has 0 fully saturated rings. The van der Waals surface area contributed by atoms with Crippen LogP contribution in [0.5, 0.6) is 0 Å². The molecule has 1 heterocycles. The van der Waals surface area contributed by atoms with Gasteiger partial charge in [-0.05, 0) is 37.7 Å². The van der Waals surface area contributed by atoms with Gasteiger partial charge in [0.2, 0.25) is 0 Å². The monoisotopic (exact) mass is 270 g/mol. The van der Waals surface area contributed by atoms with Gasteiger partial charge in [0.05, 0.1) is 12.3 Å². The van der Waals surface area contributed by atoms with Crippen LogP contribution in [0.3, 0.4) is 0 Å². The summed E-state index contributed by atoms with van der Waals surface area (Å²) in [6.07, 6.45) is 0. The highest BCUT2D eigenvalue weighted by molar-refractivity contribution is 7.10. The first-order valence-corrected chi connectivity index (χ1v) is 6.94. The summed E-state index contributed by atoms with van der Waals surface area (Å²) < 4.78 is 9.30. The lowest BCUT2D eigenvalue weighted by Crippen LogP contribution is -2.31. The maximum atomic E-state index is 11.9. The van der Waals surface area contributed by atoms with Crippen molar-refractivity contribution in [2.45, 2.75) is 47.6 Å². The van der Waals surface area contributed by atoms with Gasteiger partial charge in [-0.15, -0.1) is 0 Å². The summed E-state index contributed by atoms with van der Waals surface area (Å²) in [5.41, 5.74) is 1.41. The lowest BCUT2D eigenvalue weighted by Gasteiger charge is -2.28. The summed E-state index contributed by atoms with van der Waals surface area (Å²) >= 11 is 1.31. The molecule has 0 aromatic carbocycles. The third-order valence-electron chi connectivity index (χ3n) is 2.99. The fourth-order valence-corrected chi connectivity index (χ4v) is 2.20. The Morgan fingerprint density at radius 1 is 1.50 bits per heavy atom. The molecule has 18 heavy (non-hydrogen) atoms. The minimum absolute atomic E-state index is 0.115. The molecule has 0 saturated heterocycles. The van der Waals surface area contributed by atoms with Crippen LogP contribution in [-0.2, 0) is 4.74 Å². The van der Waals surface area contributed by atoms with E-state index in [0.717, 1.165) is 10.7 Å². The van der Waals surface area contributed by atoms with E-state index in [-0.39, 0.29) is 17.4 Å². The zero-order chi connectivity index (χ0) is 13.9. The molecule has 1 aromatic rings. The zero-order valence-corrected chi connectivity index (χ0v) is 12.8. The van der Waals surface area contributed by atoms with Crippen molar-refractivity contribution in [3.05, 3.63) is 11.3 Å². The van der Waals surface area contributed by atoms with E-state index in [1.54, 1.807) is 6.92 Å². The molecule has 102 valence electrons. The van der Waals surface area contributed by atoms with Crippen molar-refractivity contribution in [3.8, 4) is 0 Å². The molecule has 0 bridgehead atoms. The predicted molar refractivity (Wildman–Crippen MR) is 75.3 cm³/mol. The van der Waals surface area contributed by atoms with Crippen molar-refractivity contribution >= 4 is 22.5 Å². The third-order valence-corrected chi connectivity index (χ3v) is 3.86. The van der Waals surface area contributed by atoms with Crippen LogP contribution in [0, 0.1) is 12.3 Å². The van der Waals surface area contributed by atoms with Crippen LogP contribution in [0.1, 0.15) is 50.7 Å². The number of nitrogens with one attached hydrogen (secondary N) is 1. The maximum absolute atomic E-state index is 11.9. The maximum Gasteiger partial charge on any atom is 0.343 e. The van der Waals surface area contributed by atoms with Crippen LogP contribution in [0.25, 0.3) is 0 Å². The van der Waals surface area contributed by atoms with Gasteiger partial charge < -0.3 is 10.1 Å². The number of rotatable bonds is 4. The first-order valence-electron chi connectivity index (χ1n) is 6.17. The highest BCUT2D eigenvalue weighted by Crippen LogP contribution is 2.29. The van der Waals surface area contributed by atoms with Crippen molar-refractivity contribution in [3.63, 3.8) is 0 Å². The Morgan fingerprint density at radius 3 is 2.61 bits per heavy atom. The van der Waals surface area contributed by atoms with E-state index in [1.165, 1.54) is 11.5 Å². The van der Waals surface area contributed by atoms with Crippen molar-refractivity contribution in [2.75, 3.05) is 11.9 Å². The fraction of sp³-hybridized carbons (Fsp3) is 0.692. The normalized spacial score (nSPS) is 13.2. The molecule has 5 heteroatoms. The van der Waals surface area contributed by atoms with E-state index >= 15 is 0 Å². The number of nitrogens with zero attached hydrogens (tertiary/aromatic N) is 1. The second-order valence-corrected chi connectivity index (χ2v) is 6.20. The van der Waals surface area contributed by atoms with Gasteiger partial charge in [-0.2, -0.15) is 4.37 Å². The number of esters is 1. The van der Waals surface area contributed by atoms with E-state index < -0.39 is 0 Å². The summed E-state index contributed by atoms with van der Waals surface area (Å²) in [7, 11) is 0. The van der Waals surface area contributed by atoms with Crippen molar-refractivity contribution in [1.29, 1.82) is 0 Å². The topological polar surface area (TPSA) is 51.2 Å². The molecule has 0 aliphatic heterocycles. The lowest BCUT2D eigenvalue weighted by atomic mass is 9.88. The second-order valence-electron chi connectivity index (χ2n) is 5.42. The first-order chi connectivity index (χ1) is 8.27. The first kappa shape index (κ1) is 15.0. The SMILES string of the molecule is CCOC(=O)c1c(C)nsc1NC(C)C(C)(C)C. The molecule has 1 rings (SSSR count). The third kappa shape index (κ3) is 3.45. The van der Waals surface area contributed by atoms with Crippen molar-refractivity contribution in [2.24, 2.45) is 5.41 Å². The lowest BCUT2D eigenvalue weighted by molar-refractivity contribution is 0.0526. The summed E-state index contributed by atoms with van der Waals surface area (Å²) in [6.45, 7) is 12.6. The van der Waals surface area contributed by atoms with E-state index in [4.69, 9.17) is 4.74 Å². The van der Waals surface area contributed by atoms with E-state index in [2.05, 4.69) is 37.4 Å². The number of aryl methyl sites for hydroxylation is 1. The van der Waals surface area contributed by atoms with E-state index in [1.807, 2.05) is 6.92 Å². The molecule has 0 radical (unpaired) electrons. The predicted octanol–water partition coefficient (Wildman–Crippen LogP) is 3.47. The Morgan fingerprint density at radius 2 is 2.11 bits per heavy atom. The van der Waals surface area contributed by atoms with E-state index in [0.29, 0.717) is 12.2 Å². The zero-order valence-electron chi connectivity index (χ0n) is 12.0. The van der Waals surface area contributed by atoms with Crippen LogP contribution < -0.4 is 5.32 Å². The molecule has 0 saturated carbocycles. The number of aromatic nitrogens is 1. The Bertz CT molecular complexity index is 421. The molecular formula is C13H22N2O2S. The standard InChI is InChI=1S/C13H22N2O2S/c1-7-17-12(16)10-8(2)15-18-11(10)14-9(3)13(4,5)6/h9,14H,7H2,1-6H3. The van der Waals surface area contributed by atoms with Crippen LogP contribution in [0.4, 0.5) is 5.00 Å². The van der Waals surface area contributed by atoms with E-state index in [9.17, 15) is 4.79 Å². The number of carbonyl (C=O) groups is 1. The molecular weight excluding hydrogens is 248 g/mol. The molecule has 1 N–H and O–H groups in total. The fourth-order valence-electron chi connectivity index (χ4n) is 1.33. The van der Waals surface area contributed by atoms with Gasteiger partial charge in [0, 0.05) is 6.04 Å². The average Bonchev–Trinajstić information content (AvgIpc) is 2.58. The van der Waals surface area contributed by atoms with Gasteiger partial charge in [-0.25, -0.2) is 4.79 Å². The van der Waals surface area contributed by atoms with Crippen LogP contribution >= 0.6 is 11.5 Å². The molecule has 0 spiro atoms. The van der Waals surface area contributed by atoms with Crippen LogP contribution in [0.15, 0.2) is 0 Å². The molecule has 0 amide bonds. The number of carbonyl (C=O) groups excluding carboxylic acids is 1. The molecule has 1 atom stereocenters. The minimum Gasteiger partial charge on any atom is -0.462 e. The Balaban J connectivity index is 2.94. The minimum atomic E-state index is -0.299. The summed E-state index contributed by atoms with van der Waals surface area (Å²) in [6, 6.07) is 0.241. The Kier molecular flexibility index (Phi) is 4.73. The van der Waals surface area contributed by atoms with Gasteiger partial charge in [-0.3, -0.25) is 0 Å². The number of hydrogen-bond acceptors (Lipinski definition) is 5. The highest BCUT2D eigenvalue weighted by Gasteiger charge is 2.25. The summed E-state index contributed by atoms with van der Waals surface area (Å²) in [5, 5.41) is 4.17. The summed E-state index contributed by atoms with van der Waals surface area (Å²) in [4.78, 5) is 11.9. The number of anilines is 1. The van der Waals surface area contributed by atoms with Gasteiger partial charge >= 0.3 is 5.97 Å². The van der Waals surface area contributed by atoms with Crippen molar-refractivity contribution in [1.82, 2.24) is 4.37 Å². The molecule has 1 unspecified atom stereocenters. The van der Waals surface area contributed by atoms with Gasteiger partial charge in [0.25, 0.3) is 0 Å². The van der Waals surface area contributed by atoms with Gasteiger partial charge in [0.1, 0.15) is 10.6 Å². The Hall–Kier alpha value is -1.10. The highest BCUT2D eigenvalue weighted by atomic mass is 32.1. The van der Waals surface area contributed by atoms with Crippen LogP contribution in [0.2, 0.25) is 0 Å². The van der Waals surface area contributed by atoms with Crippen LogP contribution in [-0.4, -0.2) is 23.0 Å². The summed E-state index contributed by atoms with van der Waals surface area (Å²) in [5.74, 6) is -0.299. The smallest absolute Gasteiger partial charge is 0.343 e. The largest absolute Gasteiger partial charge is 0.462 e. The molecule has 1 aromatic heterocycles. The molecule has 0 aliphatic rings. The number of ether oxygens (including phenoxy) is 1. The van der Waals surface area contributed by atoms with Gasteiger partial charge in [0.15, 0.2) is 0 Å². The van der Waals surface area contributed by atoms with Gasteiger partial charge in [-0.1, -0.05) is 20.8 Å².